The van der Waals surface area contributed by atoms with Gasteiger partial charge in [-0.3, -0.25) is 0 Å². The maximum absolute atomic E-state index is 11.1. The third-order valence-electron chi connectivity index (χ3n) is 2.06. The van der Waals surface area contributed by atoms with Crippen LogP contribution in [0.2, 0.25) is 0 Å². The van der Waals surface area contributed by atoms with Gasteiger partial charge in [0.25, 0.3) is 0 Å². The summed E-state index contributed by atoms with van der Waals surface area (Å²) < 4.78 is 4.60. The minimum atomic E-state index is -0.305. The molecule has 0 aromatic carbocycles. The molecule has 0 amide bonds. The Bertz CT molecular complexity index is 333. The van der Waals surface area contributed by atoms with Crippen molar-refractivity contribution >= 4 is 17.3 Å². The molecule has 4 nitrogen and oxygen atoms in total. The first kappa shape index (κ1) is 9.61. The first-order valence-electron chi connectivity index (χ1n) is 4.56. The molecule has 0 bridgehead atoms. The lowest BCUT2D eigenvalue weighted by Crippen LogP contribution is -2.14. The molecule has 1 aliphatic rings. The number of thiazole rings is 1. The van der Waals surface area contributed by atoms with Crippen LogP contribution in [-0.4, -0.2) is 24.1 Å². The summed E-state index contributed by atoms with van der Waals surface area (Å²) in [4.78, 5) is 15.8. The fourth-order valence-corrected chi connectivity index (χ4v) is 1.89. The van der Waals surface area contributed by atoms with E-state index in [9.17, 15) is 4.79 Å². The van der Waals surface area contributed by atoms with E-state index in [1.807, 2.05) is 0 Å². The molecule has 1 heterocycles. The highest BCUT2D eigenvalue weighted by molar-refractivity contribution is 7.13. The summed E-state index contributed by atoms with van der Waals surface area (Å²) in [5.74, 6) is -0.305. The lowest BCUT2D eigenvalue weighted by Gasteiger charge is -1.96. The highest BCUT2D eigenvalue weighted by atomic mass is 32.1. The first-order valence-corrected chi connectivity index (χ1v) is 5.37. The fraction of sp³-hybridized carbons (Fsp3) is 0.556. The molecule has 2 rings (SSSR count). The number of hydrogen-bond donors (Lipinski definition) is 1. The summed E-state index contributed by atoms with van der Waals surface area (Å²) in [7, 11) is 1.38. The van der Waals surface area contributed by atoms with E-state index in [2.05, 4.69) is 15.0 Å². The van der Waals surface area contributed by atoms with Crippen LogP contribution in [0.1, 0.15) is 27.5 Å². The molecular weight excluding hydrogens is 200 g/mol. The molecule has 1 N–H and O–H groups in total. The van der Waals surface area contributed by atoms with Crippen molar-refractivity contribution in [3.05, 3.63) is 16.1 Å². The van der Waals surface area contributed by atoms with Crippen molar-refractivity contribution in [2.75, 3.05) is 7.11 Å². The molecule has 0 unspecified atom stereocenters. The van der Waals surface area contributed by atoms with E-state index in [0.717, 1.165) is 11.6 Å². The number of nitrogens with one attached hydrogen (secondary N) is 1. The normalized spacial score (nSPS) is 15.5. The number of carbonyl (C=O) groups is 1. The molecule has 0 atom stereocenters. The van der Waals surface area contributed by atoms with Gasteiger partial charge < -0.3 is 10.1 Å². The van der Waals surface area contributed by atoms with Gasteiger partial charge in [0.1, 0.15) is 9.88 Å². The quantitative estimate of drug-likeness (QED) is 0.761. The molecule has 0 spiro atoms. The molecule has 1 fully saturated rings. The minimum Gasteiger partial charge on any atom is -0.465 e. The molecule has 0 aliphatic heterocycles. The van der Waals surface area contributed by atoms with Gasteiger partial charge in [0.2, 0.25) is 0 Å². The fourth-order valence-electron chi connectivity index (χ4n) is 1.11. The van der Waals surface area contributed by atoms with Crippen molar-refractivity contribution < 1.29 is 9.53 Å². The van der Waals surface area contributed by atoms with Gasteiger partial charge in [-0.15, -0.1) is 11.3 Å². The van der Waals surface area contributed by atoms with E-state index in [1.54, 1.807) is 6.20 Å². The highest BCUT2D eigenvalue weighted by Gasteiger charge is 2.20. The van der Waals surface area contributed by atoms with Crippen LogP contribution in [0.15, 0.2) is 6.20 Å². The third-order valence-corrected chi connectivity index (χ3v) is 3.04. The Labute approximate surface area is 86.3 Å². The van der Waals surface area contributed by atoms with Gasteiger partial charge in [0, 0.05) is 12.6 Å². The SMILES string of the molecule is COC(=O)c1cnc(CNC2CC2)s1. The molecule has 1 aliphatic carbocycles. The zero-order valence-electron chi connectivity index (χ0n) is 7.95. The number of methoxy groups -OCH3 is 1. The Morgan fingerprint density at radius 3 is 3.21 bits per heavy atom. The van der Waals surface area contributed by atoms with Gasteiger partial charge in [-0.2, -0.15) is 0 Å². The Morgan fingerprint density at radius 2 is 2.57 bits per heavy atom. The van der Waals surface area contributed by atoms with Crippen molar-refractivity contribution in [1.29, 1.82) is 0 Å². The molecule has 1 saturated carbocycles. The predicted molar refractivity (Wildman–Crippen MR) is 53.3 cm³/mol. The minimum absolute atomic E-state index is 0.305. The van der Waals surface area contributed by atoms with Crippen molar-refractivity contribution in [2.45, 2.75) is 25.4 Å². The van der Waals surface area contributed by atoms with Crippen LogP contribution in [0.25, 0.3) is 0 Å². The number of rotatable bonds is 4. The summed E-state index contributed by atoms with van der Waals surface area (Å²) in [5, 5.41) is 4.28. The van der Waals surface area contributed by atoms with Gasteiger partial charge in [-0.25, -0.2) is 9.78 Å². The summed E-state index contributed by atoms with van der Waals surface area (Å²) in [5.41, 5.74) is 0. The topological polar surface area (TPSA) is 51.2 Å². The second kappa shape index (κ2) is 4.06. The lowest BCUT2D eigenvalue weighted by atomic mass is 10.5. The average molecular weight is 212 g/mol. The van der Waals surface area contributed by atoms with E-state index < -0.39 is 0 Å². The summed E-state index contributed by atoms with van der Waals surface area (Å²) >= 11 is 1.39. The van der Waals surface area contributed by atoms with Gasteiger partial charge in [-0.1, -0.05) is 0 Å². The number of ether oxygens (including phenoxy) is 1. The molecule has 1 aromatic heterocycles. The standard InChI is InChI=1S/C9H12N2O2S/c1-13-9(12)7-4-11-8(14-7)5-10-6-2-3-6/h4,6,10H,2-3,5H2,1H3. The van der Waals surface area contributed by atoms with E-state index in [-0.39, 0.29) is 5.97 Å². The van der Waals surface area contributed by atoms with Crippen LogP contribution >= 0.6 is 11.3 Å². The average Bonchev–Trinajstić information content (AvgIpc) is 2.92. The first-order chi connectivity index (χ1) is 6.79. The zero-order chi connectivity index (χ0) is 9.97. The van der Waals surface area contributed by atoms with Crippen molar-refractivity contribution in [1.82, 2.24) is 10.3 Å². The van der Waals surface area contributed by atoms with Gasteiger partial charge in [-0.05, 0) is 12.8 Å². The van der Waals surface area contributed by atoms with Gasteiger partial charge in [0.05, 0.1) is 13.3 Å². The van der Waals surface area contributed by atoms with E-state index in [0.29, 0.717) is 10.9 Å². The van der Waals surface area contributed by atoms with Crippen molar-refractivity contribution in [2.24, 2.45) is 0 Å². The molecule has 1 aromatic rings. The number of carbonyl (C=O) groups excluding carboxylic acids is 1. The summed E-state index contributed by atoms with van der Waals surface area (Å²) in [6.07, 6.45) is 4.09. The third kappa shape index (κ3) is 2.30. The van der Waals surface area contributed by atoms with Crippen LogP contribution < -0.4 is 5.32 Å². The lowest BCUT2D eigenvalue weighted by molar-refractivity contribution is 0.0606. The van der Waals surface area contributed by atoms with E-state index in [1.165, 1.54) is 31.3 Å². The van der Waals surface area contributed by atoms with E-state index in [4.69, 9.17) is 0 Å². The van der Waals surface area contributed by atoms with Crippen molar-refractivity contribution in [3.8, 4) is 0 Å². The molecule has 14 heavy (non-hydrogen) atoms. The van der Waals surface area contributed by atoms with Crippen LogP contribution in [0.4, 0.5) is 0 Å². The largest absolute Gasteiger partial charge is 0.465 e. The Morgan fingerprint density at radius 1 is 1.79 bits per heavy atom. The predicted octanol–water partition coefficient (Wildman–Crippen LogP) is 1.18. The smallest absolute Gasteiger partial charge is 0.349 e. The second-order valence-corrected chi connectivity index (χ2v) is 4.38. The zero-order valence-corrected chi connectivity index (χ0v) is 8.76. The maximum atomic E-state index is 11.1. The second-order valence-electron chi connectivity index (χ2n) is 3.27. The molecule has 0 radical (unpaired) electrons. The summed E-state index contributed by atoms with van der Waals surface area (Å²) in [6, 6.07) is 0.667. The molecular formula is C9H12N2O2S. The van der Waals surface area contributed by atoms with Gasteiger partial charge in [0.15, 0.2) is 0 Å². The van der Waals surface area contributed by atoms with Crippen LogP contribution in [-0.2, 0) is 11.3 Å². The van der Waals surface area contributed by atoms with E-state index >= 15 is 0 Å². The Kier molecular flexibility index (Phi) is 2.79. The van der Waals surface area contributed by atoms with Crippen LogP contribution in [0, 0.1) is 0 Å². The molecule has 0 saturated heterocycles. The van der Waals surface area contributed by atoms with Crippen LogP contribution in [0.3, 0.4) is 0 Å². The molecule has 76 valence electrons. The Hall–Kier alpha value is -0.940. The number of esters is 1. The maximum Gasteiger partial charge on any atom is 0.349 e. The molecule has 5 heteroatoms. The van der Waals surface area contributed by atoms with Gasteiger partial charge >= 0.3 is 5.97 Å². The number of aromatic nitrogens is 1. The number of hydrogen-bond acceptors (Lipinski definition) is 5. The highest BCUT2D eigenvalue weighted by Crippen LogP contribution is 2.20. The number of nitrogens with zero attached hydrogens (tertiary/aromatic N) is 1. The summed E-state index contributed by atoms with van der Waals surface area (Å²) in [6.45, 7) is 0.756. The van der Waals surface area contributed by atoms with Crippen molar-refractivity contribution in [3.63, 3.8) is 0 Å². The Balaban J connectivity index is 1.91. The van der Waals surface area contributed by atoms with Crippen LogP contribution in [0.5, 0.6) is 0 Å². The monoisotopic (exact) mass is 212 g/mol.